The number of carbonyl (C=O) groups excluding carboxylic acids is 2. The molecule has 0 fully saturated rings. The van der Waals surface area contributed by atoms with Crippen LogP contribution in [0.4, 0.5) is 0 Å². The van der Waals surface area contributed by atoms with Crippen LogP contribution in [0, 0.1) is 5.92 Å². The van der Waals surface area contributed by atoms with Gasteiger partial charge in [0, 0.05) is 0 Å². The first kappa shape index (κ1) is 34.9. The molecule has 36 heavy (non-hydrogen) atoms. The molecule has 0 aromatic heterocycles. The third-order valence-electron chi connectivity index (χ3n) is 7.16. The summed E-state index contributed by atoms with van der Waals surface area (Å²) >= 11 is 0. The zero-order valence-electron chi connectivity index (χ0n) is 24.6. The minimum absolute atomic E-state index is 0.169. The molecule has 0 aliphatic rings. The Morgan fingerprint density at radius 3 is 1.28 bits per heavy atom. The van der Waals surface area contributed by atoms with Crippen molar-refractivity contribution in [3.8, 4) is 0 Å². The first-order valence-corrected chi connectivity index (χ1v) is 16.0. The Morgan fingerprint density at radius 2 is 0.833 bits per heavy atom. The predicted octanol–water partition coefficient (Wildman–Crippen LogP) is 10.1. The largest absolute Gasteiger partial charge is 0.466 e. The molecule has 0 aliphatic heterocycles. The average Bonchev–Trinajstić information content (AvgIpc) is 2.87. The van der Waals surface area contributed by atoms with Gasteiger partial charge in [0.25, 0.3) is 0 Å². The maximum atomic E-state index is 12.8. The lowest BCUT2D eigenvalue weighted by Gasteiger charge is -2.16. The maximum Gasteiger partial charge on any atom is 0.309 e. The van der Waals surface area contributed by atoms with Crippen molar-refractivity contribution in [3.05, 3.63) is 0 Å². The second kappa shape index (κ2) is 28.5. The van der Waals surface area contributed by atoms with Gasteiger partial charge in [0.15, 0.2) is 0 Å². The molecule has 1 unspecified atom stereocenters. The molecular formula is C32H62O4. The van der Waals surface area contributed by atoms with Crippen LogP contribution in [0.3, 0.4) is 0 Å². The highest BCUT2D eigenvalue weighted by Crippen LogP contribution is 2.19. The van der Waals surface area contributed by atoms with Gasteiger partial charge in [0.1, 0.15) is 0 Å². The van der Waals surface area contributed by atoms with Crippen molar-refractivity contribution in [2.45, 2.75) is 175 Å². The lowest BCUT2D eigenvalue weighted by atomic mass is 9.97. The Balaban J connectivity index is 4.22. The zero-order valence-corrected chi connectivity index (χ0v) is 24.6. The number of hydrogen-bond donors (Lipinski definition) is 0. The molecule has 0 heterocycles. The topological polar surface area (TPSA) is 52.6 Å². The number of unbranched alkanes of at least 4 members (excludes halogenated alkanes) is 19. The summed E-state index contributed by atoms with van der Waals surface area (Å²) < 4.78 is 11.1. The molecule has 0 aromatic carbocycles. The number of esters is 2. The zero-order chi connectivity index (χ0) is 26.5. The van der Waals surface area contributed by atoms with E-state index in [1.807, 2.05) is 0 Å². The Bertz CT molecular complexity index is 477. The van der Waals surface area contributed by atoms with Crippen molar-refractivity contribution in [2.24, 2.45) is 5.92 Å². The summed E-state index contributed by atoms with van der Waals surface area (Å²) in [5.41, 5.74) is 0. The van der Waals surface area contributed by atoms with Crippen LogP contribution in [0.1, 0.15) is 175 Å². The fourth-order valence-corrected chi connectivity index (χ4v) is 4.68. The predicted molar refractivity (Wildman–Crippen MR) is 153 cm³/mol. The van der Waals surface area contributed by atoms with Crippen molar-refractivity contribution < 1.29 is 19.1 Å². The molecule has 0 rings (SSSR count). The summed E-state index contributed by atoms with van der Waals surface area (Å²) in [6.07, 6.45) is 27.6. The minimum Gasteiger partial charge on any atom is -0.466 e. The van der Waals surface area contributed by atoms with Crippen LogP contribution >= 0.6 is 0 Å². The van der Waals surface area contributed by atoms with Gasteiger partial charge in [-0.3, -0.25) is 9.59 Å². The molecule has 0 bridgehead atoms. The van der Waals surface area contributed by atoms with E-state index in [0.29, 0.717) is 13.2 Å². The van der Waals surface area contributed by atoms with Crippen LogP contribution in [0.15, 0.2) is 0 Å². The summed E-state index contributed by atoms with van der Waals surface area (Å²) in [7, 11) is 0. The number of hydrogen-bond acceptors (Lipinski definition) is 4. The molecule has 0 aromatic rings. The molecule has 0 aliphatic carbocycles. The van der Waals surface area contributed by atoms with Crippen LogP contribution in [0.25, 0.3) is 0 Å². The van der Waals surface area contributed by atoms with Crippen molar-refractivity contribution in [3.63, 3.8) is 0 Å². The molecule has 0 spiro atoms. The van der Waals surface area contributed by atoms with Crippen molar-refractivity contribution in [1.29, 1.82) is 0 Å². The molecule has 0 radical (unpaired) electrons. The third kappa shape index (κ3) is 24.6. The van der Waals surface area contributed by atoms with E-state index >= 15 is 0 Å². The first-order valence-electron chi connectivity index (χ1n) is 16.0. The van der Waals surface area contributed by atoms with E-state index in [4.69, 9.17) is 9.47 Å². The van der Waals surface area contributed by atoms with Gasteiger partial charge in [-0.2, -0.15) is 0 Å². The number of rotatable bonds is 28. The van der Waals surface area contributed by atoms with E-state index < -0.39 is 0 Å². The van der Waals surface area contributed by atoms with E-state index in [0.717, 1.165) is 44.9 Å². The molecule has 4 heteroatoms. The smallest absolute Gasteiger partial charge is 0.309 e. The quantitative estimate of drug-likeness (QED) is 0.0776. The minimum atomic E-state index is -0.351. The van der Waals surface area contributed by atoms with E-state index in [1.54, 1.807) is 0 Å². The normalized spacial score (nSPS) is 12.0. The van der Waals surface area contributed by atoms with Crippen molar-refractivity contribution in [1.82, 2.24) is 0 Å². The van der Waals surface area contributed by atoms with Crippen molar-refractivity contribution in [2.75, 3.05) is 13.2 Å². The summed E-state index contributed by atoms with van der Waals surface area (Å²) in [6.45, 7) is 7.64. The second-order valence-corrected chi connectivity index (χ2v) is 10.8. The van der Waals surface area contributed by atoms with Gasteiger partial charge >= 0.3 is 11.9 Å². The van der Waals surface area contributed by atoms with Crippen LogP contribution in [-0.2, 0) is 19.1 Å². The van der Waals surface area contributed by atoms with Crippen LogP contribution in [0.5, 0.6) is 0 Å². The fraction of sp³-hybridized carbons (Fsp3) is 0.938. The number of carbonyl (C=O) groups is 2. The van der Waals surface area contributed by atoms with Gasteiger partial charge in [0.2, 0.25) is 0 Å². The van der Waals surface area contributed by atoms with E-state index in [-0.39, 0.29) is 24.3 Å². The second-order valence-electron chi connectivity index (χ2n) is 10.8. The van der Waals surface area contributed by atoms with Gasteiger partial charge in [-0.05, 0) is 19.3 Å². The molecule has 0 saturated heterocycles. The Labute approximate surface area is 225 Å². The SMILES string of the molecule is CCCCCCCCCCCCC(CC(=O)OCCCCCCCC)C(=O)OCCCCCCCC. The molecular weight excluding hydrogens is 448 g/mol. The number of ether oxygens (including phenoxy) is 2. The van der Waals surface area contributed by atoms with Crippen LogP contribution < -0.4 is 0 Å². The van der Waals surface area contributed by atoms with Crippen LogP contribution in [-0.4, -0.2) is 25.2 Å². The molecule has 0 N–H and O–H groups in total. The van der Waals surface area contributed by atoms with E-state index in [1.165, 1.54) is 103 Å². The Morgan fingerprint density at radius 1 is 0.472 bits per heavy atom. The van der Waals surface area contributed by atoms with Gasteiger partial charge in [0.05, 0.1) is 25.6 Å². The highest BCUT2D eigenvalue weighted by atomic mass is 16.5. The molecule has 0 amide bonds. The first-order chi connectivity index (χ1) is 17.7. The third-order valence-corrected chi connectivity index (χ3v) is 7.16. The lowest BCUT2D eigenvalue weighted by molar-refractivity contribution is -0.155. The van der Waals surface area contributed by atoms with Crippen LogP contribution in [0.2, 0.25) is 0 Å². The Hall–Kier alpha value is -1.06. The van der Waals surface area contributed by atoms with Gasteiger partial charge in [-0.25, -0.2) is 0 Å². The standard InChI is InChI=1S/C32H62O4/c1-4-7-10-13-16-17-18-19-20-23-26-30(32(34)36-28-25-22-15-12-9-6-3)29-31(33)35-27-24-21-14-11-8-5-2/h30H,4-29H2,1-3H3. The van der Waals surface area contributed by atoms with Gasteiger partial charge in [-0.1, -0.05) is 149 Å². The van der Waals surface area contributed by atoms with Gasteiger partial charge < -0.3 is 9.47 Å². The summed E-state index contributed by atoms with van der Waals surface area (Å²) in [4.78, 5) is 25.2. The van der Waals surface area contributed by atoms with E-state index in [9.17, 15) is 9.59 Å². The molecule has 1 atom stereocenters. The highest BCUT2D eigenvalue weighted by molar-refractivity contribution is 5.79. The fourth-order valence-electron chi connectivity index (χ4n) is 4.68. The summed E-state index contributed by atoms with van der Waals surface area (Å²) in [5, 5.41) is 0. The van der Waals surface area contributed by atoms with E-state index in [2.05, 4.69) is 20.8 Å². The van der Waals surface area contributed by atoms with Crippen molar-refractivity contribution >= 4 is 11.9 Å². The Kier molecular flexibility index (Phi) is 27.7. The highest BCUT2D eigenvalue weighted by Gasteiger charge is 2.24. The summed E-state index contributed by atoms with van der Waals surface area (Å²) in [6, 6.07) is 0. The van der Waals surface area contributed by atoms with Gasteiger partial charge in [-0.15, -0.1) is 0 Å². The average molecular weight is 511 g/mol. The molecule has 214 valence electrons. The molecule has 4 nitrogen and oxygen atoms in total. The monoisotopic (exact) mass is 510 g/mol. The lowest BCUT2D eigenvalue weighted by Crippen LogP contribution is -2.23. The summed E-state index contributed by atoms with van der Waals surface area (Å²) in [5.74, 6) is -0.788. The molecule has 0 saturated carbocycles. The maximum absolute atomic E-state index is 12.8.